The lowest BCUT2D eigenvalue weighted by Gasteiger charge is -2.34. The zero-order valence-electron chi connectivity index (χ0n) is 26.2. The minimum absolute atomic E-state index is 0.0853. The molecule has 0 bridgehead atoms. The number of aryl methyl sites for hydroxylation is 2. The molecule has 2 fully saturated rings. The predicted molar refractivity (Wildman–Crippen MR) is 175 cm³/mol. The van der Waals surface area contributed by atoms with Crippen LogP contribution in [0.25, 0.3) is 10.9 Å². The number of carbonyl (C=O) groups is 1. The maximum Gasteiger partial charge on any atom is 0.254 e. The highest BCUT2D eigenvalue weighted by Gasteiger charge is 2.23. The van der Waals surface area contributed by atoms with E-state index < -0.39 is 0 Å². The van der Waals surface area contributed by atoms with Crippen LogP contribution in [-0.4, -0.2) is 103 Å². The van der Waals surface area contributed by atoms with Crippen molar-refractivity contribution >= 4 is 16.8 Å². The molecule has 7 heteroatoms. The van der Waals surface area contributed by atoms with Gasteiger partial charge in [0.2, 0.25) is 0 Å². The molecule has 0 unspecified atom stereocenters. The monoisotopic (exact) mass is 581 g/mol. The molecule has 228 valence electrons. The molecule has 1 amide bonds. The van der Waals surface area contributed by atoms with Gasteiger partial charge >= 0.3 is 0 Å². The summed E-state index contributed by atoms with van der Waals surface area (Å²) in [5, 5.41) is 1.24. The zero-order valence-corrected chi connectivity index (χ0v) is 26.2. The number of carbonyl (C=O) groups excluding carboxylic acids is 1. The summed E-state index contributed by atoms with van der Waals surface area (Å²) in [6.45, 7) is 15.7. The fourth-order valence-corrected chi connectivity index (χ4v) is 6.67. The van der Waals surface area contributed by atoms with Gasteiger partial charge in [0.25, 0.3) is 5.91 Å². The van der Waals surface area contributed by atoms with Crippen LogP contribution in [0.2, 0.25) is 0 Å². The fraction of sp³-hybridized carbons (Fsp3) is 0.472. The molecular formula is C36H47N5O2. The minimum atomic E-state index is 0.0853. The van der Waals surface area contributed by atoms with Crippen molar-refractivity contribution in [1.82, 2.24) is 24.2 Å². The Morgan fingerprint density at radius 3 is 2.35 bits per heavy atom. The quantitative estimate of drug-likeness (QED) is 0.306. The molecular weight excluding hydrogens is 534 g/mol. The highest BCUT2D eigenvalue weighted by Crippen LogP contribution is 2.31. The Balaban J connectivity index is 1.05. The third kappa shape index (κ3) is 7.06. The molecule has 3 aromatic rings. The van der Waals surface area contributed by atoms with Gasteiger partial charge in [0.1, 0.15) is 11.5 Å². The summed E-state index contributed by atoms with van der Waals surface area (Å²) in [4.78, 5) is 22.8. The van der Waals surface area contributed by atoms with Crippen LogP contribution in [0.15, 0.2) is 66.3 Å². The lowest BCUT2D eigenvalue weighted by atomic mass is 10.1. The Labute approximate surface area is 257 Å². The number of nitrogens with zero attached hydrogens (tertiary/aromatic N) is 5. The average molecular weight is 582 g/mol. The molecule has 6 rings (SSSR count). The van der Waals surface area contributed by atoms with E-state index in [2.05, 4.69) is 76.6 Å². The largest absolute Gasteiger partial charge is 0.457 e. The van der Waals surface area contributed by atoms with Gasteiger partial charge in [-0.05, 0) is 88.7 Å². The van der Waals surface area contributed by atoms with Gasteiger partial charge in [0.15, 0.2) is 0 Å². The summed E-state index contributed by atoms with van der Waals surface area (Å²) in [6, 6.07) is 14.1. The predicted octanol–water partition coefficient (Wildman–Crippen LogP) is 5.72. The molecule has 3 heterocycles. The van der Waals surface area contributed by atoms with Crippen molar-refractivity contribution in [2.45, 2.75) is 39.7 Å². The summed E-state index contributed by atoms with van der Waals surface area (Å²) in [5.41, 5.74) is 6.02. The Morgan fingerprint density at radius 2 is 1.58 bits per heavy atom. The third-order valence-electron chi connectivity index (χ3n) is 9.60. The topological polar surface area (TPSA) is 44.2 Å². The second-order valence-electron chi connectivity index (χ2n) is 12.5. The van der Waals surface area contributed by atoms with Crippen LogP contribution in [-0.2, 0) is 6.54 Å². The van der Waals surface area contributed by atoms with Crippen molar-refractivity contribution in [2.24, 2.45) is 0 Å². The van der Waals surface area contributed by atoms with Crippen LogP contribution >= 0.6 is 0 Å². The molecule has 1 aliphatic carbocycles. The van der Waals surface area contributed by atoms with Crippen LogP contribution < -0.4 is 4.74 Å². The molecule has 0 spiro atoms. The number of allylic oxidation sites excluding steroid dienone is 3. The molecule has 3 aliphatic rings. The van der Waals surface area contributed by atoms with Gasteiger partial charge in [-0.25, -0.2) is 0 Å². The van der Waals surface area contributed by atoms with Crippen molar-refractivity contribution in [3.05, 3.63) is 83.1 Å². The highest BCUT2D eigenvalue weighted by molar-refractivity contribution is 5.94. The van der Waals surface area contributed by atoms with Gasteiger partial charge in [-0.15, -0.1) is 0 Å². The lowest BCUT2D eigenvalue weighted by Crippen LogP contribution is -2.48. The molecule has 0 atom stereocenters. The SMILES string of the molecule is Cc1c(C)n(CCCN2CCN(C)CC2)c2ccc(Oc3cccc(C(=O)N4CCN(CCC5=CCC=C5)CC4)c3)cc12. The standard InChI is InChI=1S/C36H47N5O2/c1-28-29(2)41(16-7-15-38-20-18-37(3)19-21-38)35-13-12-33(27-34(28)35)43-32-11-6-10-31(26-32)36(42)40-24-22-39(23-25-40)17-14-30-8-4-5-9-30/h4,6,8-13,26-27H,5,7,14-25H2,1-3H3. The molecule has 7 nitrogen and oxygen atoms in total. The number of amides is 1. The van der Waals surface area contributed by atoms with Gasteiger partial charge in [-0.3, -0.25) is 9.69 Å². The number of fused-ring (bicyclic) bond motifs is 1. The number of rotatable bonds is 10. The number of likely N-dealkylation sites (N-methyl/N-ethyl adjacent to an activating group) is 1. The van der Waals surface area contributed by atoms with Gasteiger partial charge in [-0.2, -0.15) is 0 Å². The van der Waals surface area contributed by atoms with Crippen molar-refractivity contribution < 1.29 is 9.53 Å². The maximum absolute atomic E-state index is 13.4. The van der Waals surface area contributed by atoms with Crippen molar-refractivity contribution in [2.75, 3.05) is 72.5 Å². The molecule has 1 aromatic heterocycles. The van der Waals surface area contributed by atoms with Gasteiger partial charge in [0, 0.05) is 87.6 Å². The van der Waals surface area contributed by atoms with Crippen molar-refractivity contribution in [3.63, 3.8) is 0 Å². The molecule has 2 saturated heterocycles. The number of ether oxygens (including phenoxy) is 1. The lowest BCUT2D eigenvalue weighted by molar-refractivity contribution is 0.0638. The average Bonchev–Trinajstić information content (AvgIpc) is 3.64. The number of benzene rings is 2. The fourth-order valence-electron chi connectivity index (χ4n) is 6.67. The number of piperazine rings is 2. The first-order valence-electron chi connectivity index (χ1n) is 16.1. The van der Waals surface area contributed by atoms with Crippen LogP contribution in [0, 0.1) is 13.8 Å². The molecule has 0 radical (unpaired) electrons. The van der Waals surface area contributed by atoms with Gasteiger partial charge < -0.3 is 24.0 Å². The van der Waals surface area contributed by atoms with E-state index in [1.54, 1.807) is 0 Å². The molecule has 2 aliphatic heterocycles. The Kier molecular flexibility index (Phi) is 9.31. The third-order valence-corrected chi connectivity index (χ3v) is 9.60. The first-order chi connectivity index (χ1) is 20.9. The maximum atomic E-state index is 13.4. The number of hydrogen-bond donors (Lipinski definition) is 0. The van der Waals surface area contributed by atoms with E-state index in [4.69, 9.17) is 4.74 Å². The van der Waals surface area contributed by atoms with E-state index in [9.17, 15) is 4.79 Å². The highest BCUT2D eigenvalue weighted by atomic mass is 16.5. The van der Waals surface area contributed by atoms with Crippen LogP contribution in [0.1, 0.15) is 40.9 Å². The molecule has 0 N–H and O–H groups in total. The summed E-state index contributed by atoms with van der Waals surface area (Å²) < 4.78 is 8.79. The van der Waals surface area contributed by atoms with E-state index >= 15 is 0 Å². The van der Waals surface area contributed by atoms with E-state index in [-0.39, 0.29) is 5.91 Å². The first kappa shape index (κ1) is 29.7. The van der Waals surface area contributed by atoms with Crippen molar-refractivity contribution in [3.8, 4) is 11.5 Å². The second kappa shape index (κ2) is 13.5. The first-order valence-corrected chi connectivity index (χ1v) is 16.1. The summed E-state index contributed by atoms with van der Waals surface area (Å²) in [5.74, 6) is 1.58. The summed E-state index contributed by atoms with van der Waals surface area (Å²) >= 11 is 0. The van der Waals surface area contributed by atoms with Crippen LogP contribution in [0.3, 0.4) is 0 Å². The number of aromatic nitrogens is 1. The normalized spacial score (nSPS) is 18.5. The molecule has 0 saturated carbocycles. The van der Waals surface area contributed by atoms with Gasteiger partial charge in [0.05, 0.1) is 0 Å². The summed E-state index contributed by atoms with van der Waals surface area (Å²) in [7, 11) is 2.21. The van der Waals surface area contributed by atoms with Crippen molar-refractivity contribution in [1.29, 1.82) is 0 Å². The smallest absolute Gasteiger partial charge is 0.254 e. The van der Waals surface area contributed by atoms with E-state index in [1.807, 2.05) is 29.2 Å². The molecule has 2 aromatic carbocycles. The van der Waals surface area contributed by atoms with E-state index in [0.717, 1.165) is 70.8 Å². The van der Waals surface area contributed by atoms with E-state index in [1.165, 1.54) is 53.9 Å². The number of hydrogen-bond acceptors (Lipinski definition) is 5. The van der Waals surface area contributed by atoms with Crippen LogP contribution in [0.5, 0.6) is 11.5 Å². The Morgan fingerprint density at radius 1 is 0.837 bits per heavy atom. The van der Waals surface area contributed by atoms with Gasteiger partial charge in [-0.1, -0.05) is 29.9 Å². The Hall–Kier alpha value is -3.39. The second-order valence-corrected chi connectivity index (χ2v) is 12.5. The zero-order chi connectivity index (χ0) is 29.8. The van der Waals surface area contributed by atoms with E-state index in [0.29, 0.717) is 11.3 Å². The van der Waals surface area contributed by atoms with Crippen LogP contribution in [0.4, 0.5) is 0 Å². The minimum Gasteiger partial charge on any atom is -0.457 e. The Bertz CT molecular complexity index is 1490. The molecule has 43 heavy (non-hydrogen) atoms. The summed E-state index contributed by atoms with van der Waals surface area (Å²) in [6.07, 6.45) is 10.1.